The topological polar surface area (TPSA) is 21.5 Å². The van der Waals surface area contributed by atoms with E-state index in [0.29, 0.717) is 6.73 Å². The van der Waals surface area contributed by atoms with Crippen molar-refractivity contribution in [1.82, 2.24) is 0 Å². The summed E-state index contributed by atoms with van der Waals surface area (Å²) in [6, 6.07) is 16.0. The molecule has 0 atom stereocenters. The molecule has 0 aromatic heterocycles. The van der Waals surface area contributed by atoms with Gasteiger partial charge in [-0.05, 0) is 18.2 Å². The van der Waals surface area contributed by atoms with Crippen LogP contribution in [0.25, 0.3) is 0 Å². The van der Waals surface area contributed by atoms with Gasteiger partial charge in [0.25, 0.3) is 6.73 Å². The number of ether oxygens (including phenoxy) is 2. The van der Waals surface area contributed by atoms with Gasteiger partial charge in [0.15, 0.2) is 6.21 Å². The predicted octanol–water partition coefficient (Wildman–Crippen LogP) is 2.81. The molecule has 3 rings (SSSR count). The molecule has 0 aliphatic carbocycles. The van der Waals surface area contributed by atoms with E-state index >= 15 is 0 Å². The summed E-state index contributed by atoms with van der Waals surface area (Å²) in [7, 11) is 1.67. The highest BCUT2D eigenvalue weighted by molar-refractivity contribution is 5.81. The largest absolute Gasteiger partial charge is 0.497 e. The summed E-state index contributed by atoms with van der Waals surface area (Å²) in [5, 5.41) is 0. The summed E-state index contributed by atoms with van der Waals surface area (Å²) < 4.78 is 13.0. The SMILES string of the molecule is COc1cccc([N+]2=Cc3ccccc3OC2)c1. The Labute approximate surface area is 106 Å². The minimum atomic E-state index is 0.518. The lowest BCUT2D eigenvalue weighted by molar-refractivity contribution is -0.476. The Morgan fingerprint density at radius 3 is 2.89 bits per heavy atom. The van der Waals surface area contributed by atoms with Crippen molar-refractivity contribution in [2.45, 2.75) is 0 Å². The number of benzene rings is 2. The smallest absolute Gasteiger partial charge is 0.292 e. The summed E-state index contributed by atoms with van der Waals surface area (Å²) >= 11 is 0. The average Bonchev–Trinajstić information content (AvgIpc) is 2.47. The van der Waals surface area contributed by atoms with Crippen LogP contribution in [0.4, 0.5) is 5.69 Å². The van der Waals surface area contributed by atoms with Gasteiger partial charge in [-0.3, -0.25) is 0 Å². The molecule has 0 unspecified atom stereocenters. The standard InChI is InChI=1S/C15H14NO2/c1-17-14-7-4-6-13(9-14)16-10-12-5-2-3-8-15(12)18-11-16/h2-10H,11H2,1H3/q+1. The summed E-state index contributed by atoms with van der Waals surface area (Å²) in [4.78, 5) is 0. The van der Waals surface area contributed by atoms with E-state index in [2.05, 4.69) is 10.8 Å². The van der Waals surface area contributed by atoms with Gasteiger partial charge in [0, 0.05) is 6.07 Å². The quantitative estimate of drug-likeness (QED) is 0.753. The molecule has 0 N–H and O–H groups in total. The highest BCUT2D eigenvalue weighted by atomic mass is 16.5. The molecule has 0 radical (unpaired) electrons. The normalized spacial score (nSPS) is 13.3. The van der Waals surface area contributed by atoms with Gasteiger partial charge in [0.05, 0.1) is 18.7 Å². The molecule has 90 valence electrons. The second-order valence-electron chi connectivity index (χ2n) is 4.11. The van der Waals surface area contributed by atoms with Crippen LogP contribution in [-0.2, 0) is 0 Å². The van der Waals surface area contributed by atoms with Crippen LogP contribution < -0.4 is 9.47 Å². The molecule has 1 aliphatic heterocycles. The zero-order valence-electron chi connectivity index (χ0n) is 10.2. The zero-order chi connectivity index (χ0) is 12.4. The molecule has 0 saturated carbocycles. The highest BCUT2D eigenvalue weighted by Gasteiger charge is 2.18. The lowest BCUT2D eigenvalue weighted by atomic mass is 10.2. The second-order valence-corrected chi connectivity index (χ2v) is 4.11. The van der Waals surface area contributed by atoms with Gasteiger partial charge < -0.3 is 9.47 Å². The van der Waals surface area contributed by atoms with Crippen molar-refractivity contribution in [2.75, 3.05) is 13.8 Å². The number of methoxy groups -OCH3 is 1. The fraction of sp³-hybridized carbons (Fsp3) is 0.133. The molecule has 1 aliphatic rings. The van der Waals surface area contributed by atoms with Gasteiger partial charge in [-0.25, -0.2) is 0 Å². The van der Waals surface area contributed by atoms with E-state index in [9.17, 15) is 0 Å². The van der Waals surface area contributed by atoms with Crippen LogP contribution in [0.3, 0.4) is 0 Å². The van der Waals surface area contributed by atoms with Crippen LogP contribution in [0.1, 0.15) is 5.56 Å². The maximum Gasteiger partial charge on any atom is 0.292 e. The lowest BCUT2D eigenvalue weighted by Gasteiger charge is -2.13. The molecule has 0 saturated heterocycles. The first-order valence-corrected chi connectivity index (χ1v) is 5.84. The van der Waals surface area contributed by atoms with Crippen LogP contribution >= 0.6 is 0 Å². The molecule has 1 heterocycles. The van der Waals surface area contributed by atoms with Gasteiger partial charge in [0.2, 0.25) is 5.69 Å². The lowest BCUT2D eigenvalue weighted by Crippen LogP contribution is -2.20. The summed E-state index contributed by atoms with van der Waals surface area (Å²) in [5.74, 6) is 1.77. The van der Waals surface area contributed by atoms with Crippen molar-refractivity contribution in [1.29, 1.82) is 0 Å². The molecular formula is C15H14NO2+. The Morgan fingerprint density at radius 2 is 2.00 bits per heavy atom. The van der Waals surface area contributed by atoms with E-state index in [1.165, 1.54) is 0 Å². The number of rotatable bonds is 2. The Kier molecular flexibility index (Phi) is 2.73. The summed E-state index contributed by atoms with van der Waals surface area (Å²) in [5.41, 5.74) is 2.15. The van der Waals surface area contributed by atoms with Crippen molar-refractivity contribution in [2.24, 2.45) is 0 Å². The predicted molar refractivity (Wildman–Crippen MR) is 70.0 cm³/mol. The van der Waals surface area contributed by atoms with Crippen LogP contribution in [-0.4, -0.2) is 24.6 Å². The molecule has 0 spiro atoms. The number of fused-ring (bicyclic) bond motifs is 1. The first kappa shape index (κ1) is 10.8. The van der Waals surface area contributed by atoms with Gasteiger partial charge >= 0.3 is 0 Å². The molecule has 2 aromatic rings. The number of hydrogen-bond donors (Lipinski definition) is 0. The Bertz CT molecular complexity index is 605. The van der Waals surface area contributed by atoms with Crippen LogP contribution in [0.5, 0.6) is 11.5 Å². The van der Waals surface area contributed by atoms with Crippen LogP contribution in [0.2, 0.25) is 0 Å². The van der Waals surface area contributed by atoms with Gasteiger partial charge in [-0.2, -0.15) is 4.58 Å². The Balaban J connectivity index is 2.01. The van der Waals surface area contributed by atoms with E-state index in [1.54, 1.807) is 7.11 Å². The molecule has 3 heteroatoms. The monoisotopic (exact) mass is 240 g/mol. The minimum absolute atomic E-state index is 0.518. The van der Waals surface area contributed by atoms with Crippen molar-refractivity contribution < 1.29 is 14.0 Å². The molecule has 0 amide bonds. The summed E-state index contributed by atoms with van der Waals surface area (Å²) in [6.45, 7) is 0.518. The maximum absolute atomic E-state index is 5.72. The summed E-state index contributed by atoms with van der Waals surface area (Å²) in [6.07, 6.45) is 2.09. The van der Waals surface area contributed by atoms with Gasteiger partial charge in [-0.1, -0.05) is 18.2 Å². The van der Waals surface area contributed by atoms with Crippen molar-refractivity contribution in [3.63, 3.8) is 0 Å². The third-order valence-electron chi connectivity index (χ3n) is 2.96. The zero-order valence-corrected chi connectivity index (χ0v) is 10.2. The minimum Gasteiger partial charge on any atom is -0.497 e. The first-order chi connectivity index (χ1) is 8.86. The molecule has 3 nitrogen and oxygen atoms in total. The first-order valence-electron chi connectivity index (χ1n) is 5.84. The van der Waals surface area contributed by atoms with Crippen molar-refractivity contribution >= 4 is 11.9 Å². The third kappa shape index (κ3) is 1.95. The molecule has 0 bridgehead atoms. The van der Waals surface area contributed by atoms with Crippen LogP contribution in [0, 0.1) is 0 Å². The maximum atomic E-state index is 5.72. The fourth-order valence-electron chi connectivity index (χ4n) is 2.00. The van der Waals surface area contributed by atoms with E-state index < -0.39 is 0 Å². The molecule has 0 fully saturated rings. The number of para-hydroxylation sites is 1. The second kappa shape index (κ2) is 4.53. The van der Waals surface area contributed by atoms with E-state index in [4.69, 9.17) is 9.47 Å². The van der Waals surface area contributed by atoms with Crippen LogP contribution in [0.15, 0.2) is 48.5 Å². The third-order valence-corrected chi connectivity index (χ3v) is 2.96. The van der Waals surface area contributed by atoms with Gasteiger partial charge in [0.1, 0.15) is 11.5 Å². The van der Waals surface area contributed by atoms with E-state index in [1.807, 2.05) is 48.5 Å². The molecule has 2 aromatic carbocycles. The van der Waals surface area contributed by atoms with Crippen molar-refractivity contribution in [3.05, 3.63) is 54.1 Å². The average molecular weight is 240 g/mol. The molecule has 18 heavy (non-hydrogen) atoms. The fourth-order valence-corrected chi connectivity index (χ4v) is 2.00. The van der Waals surface area contributed by atoms with E-state index in [0.717, 1.165) is 22.7 Å². The molecular weight excluding hydrogens is 226 g/mol. The highest BCUT2D eigenvalue weighted by Crippen LogP contribution is 2.24. The number of nitrogens with zero attached hydrogens (tertiary/aromatic N) is 1. The Morgan fingerprint density at radius 1 is 1.11 bits per heavy atom. The number of hydrogen-bond acceptors (Lipinski definition) is 2. The van der Waals surface area contributed by atoms with E-state index in [-0.39, 0.29) is 0 Å². The van der Waals surface area contributed by atoms with Gasteiger partial charge in [-0.15, -0.1) is 0 Å². The van der Waals surface area contributed by atoms with Crippen molar-refractivity contribution in [3.8, 4) is 11.5 Å². The Hall–Kier alpha value is -2.29.